The Labute approximate surface area is 67.4 Å². The Morgan fingerprint density at radius 3 is 3.00 bits per heavy atom. The van der Waals surface area contributed by atoms with Crippen molar-refractivity contribution in [1.29, 1.82) is 0 Å². The Hall–Kier alpha value is -0.300. The number of hydrogen-bond donors (Lipinski definition) is 0. The standard InChI is InChI=1S/C10H14O/c1-9-3-4-10(2,11-9)8-5-7(8)6-9/h3-4,7-8H,5-6H2,1-2H3. The van der Waals surface area contributed by atoms with Gasteiger partial charge in [0.15, 0.2) is 0 Å². The SMILES string of the molecule is CC12C=CC(C)(O1)C1CC1C2. The van der Waals surface area contributed by atoms with E-state index in [1.54, 1.807) is 0 Å². The van der Waals surface area contributed by atoms with Crippen LogP contribution in [0.2, 0.25) is 0 Å². The predicted molar refractivity (Wildman–Crippen MR) is 43.2 cm³/mol. The first kappa shape index (κ1) is 6.24. The van der Waals surface area contributed by atoms with E-state index in [-0.39, 0.29) is 11.2 Å². The Morgan fingerprint density at radius 1 is 1.36 bits per heavy atom. The first-order chi connectivity index (χ1) is 5.11. The Kier molecular flexibility index (Phi) is 0.809. The van der Waals surface area contributed by atoms with Crippen molar-refractivity contribution in [3.63, 3.8) is 0 Å². The molecule has 0 spiro atoms. The van der Waals surface area contributed by atoms with Gasteiger partial charge in [0.2, 0.25) is 0 Å². The normalized spacial score (nSPS) is 64.5. The molecule has 1 saturated carbocycles. The molecule has 0 N–H and O–H groups in total. The predicted octanol–water partition coefficient (Wildman–Crippen LogP) is 2.13. The molecule has 0 aromatic carbocycles. The van der Waals surface area contributed by atoms with Gasteiger partial charge in [-0.1, -0.05) is 12.2 Å². The summed E-state index contributed by atoms with van der Waals surface area (Å²) in [6, 6.07) is 0. The summed E-state index contributed by atoms with van der Waals surface area (Å²) in [6.07, 6.45) is 7.20. The Balaban J connectivity index is 2.06. The minimum atomic E-state index is 0.0897. The van der Waals surface area contributed by atoms with Crippen molar-refractivity contribution in [2.75, 3.05) is 0 Å². The van der Waals surface area contributed by atoms with Crippen LogP contribution >= 0.6 is 0 Å². The van der Waals surface area contributed by atoms with Crippen LogP contribution in [0.5, 0.6) is 0 Å². The highest BCUT2D eigenvalue weighted by molar-refractivity contribution is 5.26. The molecular formula is C10H14O. The van der Waals surface area contributed by atoms with E-state index in [1.807, 2.05) is 0 Å². The summed E-state index contributed by atoms with van der Waals surface area (Å²) in [5.41, 5.74) is 0.198. The molecule has 0 amide bonds. The summed E-state index contributed by atoms with van der Waals surface area (Å²) in [5, 5.41) is 0. The van der Waals surface area contributed by atoms with Gasteiger partial charge in [-0.2, -0.15) is 0 Å². The van der Waals surface area contributed by atoms with Crippen LogP contribution in [0.25, 0.3) is 0 Å². The van der Waals surface area contributed by atoms with Gasteiger partial charge in [0.05, 0.1) is 11.2 Å². The molecule has 0 radical (unpaired) electrons. The maximum Gasteiger partial charge on any atom is 0.0877 e. The summed E-state index contributed by atoms with van der Waals surface area (Å²) < 4.78 is 6.02. The lowest BCUT2D eigenvalue weighted by molar-refractivity contribution is -0.112. The second-order valence-corrected chi connectivity index (χ2v) is 4.74. The molecule has 2 heterocycles. The maximum absolute atomic E-state index is 6.02. The summed E-state index contributed by atoms with van der Waals surface area (Å²) >= 11 is 0. The first-order valence-electron chi connectivity index (χ1n) is 4.52. The van der Waals surface area contributed by atoms with E-state index in [9.17, 15) is 0 Å². The highest BCUT2D eigenvalue weighted by Gasteiger charge is 2.60. The third-order valence-electron chi connectivity index (χ3n) is 3.55. The van der Waals surface area contributed by atoms with Gasteiger partial charge in [0.1, 0.15) is 0 Å². The van der Waals surface area contributed by atoms with Crippen LogP contribution in [0.4, 0.5) is 0 Å². The second-order valence-electron chi connectivity index (χ2n) is 4.74. The third kappa shape index (κ3) is 0.652. The van der Waals surface area contributed by atoms with Crippen molar-refractivity contribution in [3.05, 3.63) is 12.2 Å². The van der Waals surface area contributed by atoms with E-state index in [4.69, 9.17) is 4.74 Å². The average molecular weight is 150 g/mol. The quantitative estimate of drug-likeness (QED) is 0.481. The van der Waals surface area contributed by atoms with E-state index in [2.05, 4.69) is 26.0 Å². The van der Waals surface area contributed by atoms with Crippen molar-refractivity contribution in [2.24, 2.45) is 11.8 Å². The molecule has 60 valence electrons. The molecule has 0 aromatic heterocycles. The van der Waals surface area contributed by atoms with E-state index >= 15 is 0 Å². The number of ether oxygens (including phenoxy) is 1. The lowest BCUT2D eigenvalue weighted by atomic mass is 9.94. The Morgan fingerprint density at radius 2 is 2.18 bits per heavy atom. The van der Waals surface area contributed by atoms with Gasteiger partial charge in [-0.05, 0) is 38.5 Å². The monoisotopic (exact) mass is 150 g/mol. The van der Waals surface area contributed by atoms with E-state index in [0.717, 1.165) is 11.8 Å². The third-order valence-corrected chi connectivity index (χ3v) is 3.55. The number of hydrogen-bond acceptors (Lipinski definition) is 1. The molecule has 2 fully saturated rings. The van der Waals surface area contributed by atoms with Gasteiger partial charge in [0.25, 0.3) is 0 Å². The van der Waals surface area contributed by atoms with Crippen molar-refractivity contribution >= 4 is 0 Å². The summed E-state index contributed by atoms with van der Waals surface area (Å²) in [6.45, 7) is 4.45. The fourth-order valence-electron chi connectivity index (χ4n) is 2.92. The average Bonchev–Trinajstić information content (AvgIpc) is 2.58. The van der Waals surface area contributed by atoms with Crippen LogP contribution < -0.4 is 0 Å². The van der Waals surface area contributed by atoms with Crippen molar-refractivity contribution in [1.82, 2.24) is 0 Å². The molecule has 1 nitrogen and oxygen atoms in total. The summed E-state index contributed by atoms with van der Waals surface area (Å²) in [7, 11) is 0. The van der Waals surface area contributed by atoms with E-state index in [1.165, 1.54) is 12.8 Å². The number of rotatable bonds is 0. The summed E-state index contributed by atoms with van der Waals surface area (Å²) in [5.74, 6) is 1.81. The van der Waals surface area contributed by atoms with Crippen molar-refractivity contribution in [2.45, 2.75) is 37.9 Å². The molecular weight excluding hydrogens is 136 g/mol. The molecule has 0 aromatic rings. The van der Waals surface area contributed by atoms with Crippen LogP contribution in [0.15, 0.2) is 12.2 Å². The Bertz CT molecular complexity index is 245. The van der Waals surface area contributed by atoms with Crippen LogP contribution in [-0.2, 0) is 4.74 Å². The smallest absolute Gasteiger partial charge is 0.0877 e. The zero-order valence-corrected chi connectivity index (χ0v) is 7.13. The second kappa shape index (κ2) is 1.42. The van der Waals surface area contributed by atoms with Crippen LogP contribution in [0.3, 0.4) is 0 Å². The minimum Gasteiger partial charge on any atom is -0.361 e. The molecule has 2 bridgehead atoms. The zero-order chi connectivity index (χ0) is 7.69. The fraction of sp³-hybridized carbons (Fsp3) is 0.800. The molecule has 4 unspecified atom stereocenters. The molecule has 11 heavy (non-hydrogen) atoms. The van der Waals surface area contributed by atoms with Gasteiger partial charge in [-0.15, -0.1) is 0 Å². The fourth-order valence-corrected chi connectivity index (χ4v) is 2.92. The van der Waals surface area contributed by atoms with Gasteiger partial charge in [-0.25, -0.2) is 0 Å². The van der Waals surface area contributed by atoms with E-state index < -0.39 is 0 Å². The van der Waals surface area contributed by atoms with Crippen molar-refractivity contribution in [3.8, 4) is 0 Å². The molecule has 3 rings (SSSR count). The lowest BCUT2D eigenvalue weighted by Crippen LogP contribution is -2.39. The molecule has 1 aliphatic carbocycles. The molecule has 3 aliphatic rings. The van der Waals surface area contributed by atoms with Crippen LogP contribution in [0.1, 0.15) is 26.7 Å². The van der Waals surface area contributed by atoms with Gasteiger partial charge < -0.3 is 4.74 Å². The molecule has 1 saturated heterocycles. The maximum atomic E-state index is 6.02. The van der Waals surface area contributed by atoms with Gasteiger partial charge in [-0.3, -0.25) is 0 Å². The van der Waals surface area contributed by atoms with Gasteiger partial charge >= 0.3 is 0 Å². The highest BCUT2D eigenvalue weighted by Crippen LogP contribution is 2.61. The first-order valence-corrected chi connectivity index (χ1v) is 4.52. The van der Waals surface area contributed by atoms with Gasteiger partial charge in [0, 0.05) is 0 Å². The van der Waals surface area contributed by atoms with E-state index in [0.29, 0.717) is 0 Å². The molecule has 4 atom stereocenters. The molecule has 1 heteroatoms. The summed E-state index contributed by atoms with van der Waals surface area (Å²) in [4.78, 5) is 0. The lowest BCUT2D eigenvalue weighted by Gasteiger charge is -2.35. The highest BCUT2D eigenvalue weighted by atomic mass is 16.5. The zero-order valence-electron chi connectivity index (χ0n) is 7.13. The molecule has 2 aliphatic heterocycles. The number of fused-ring (bicyclic) bond motifs is 4. The van der Waals surface area contributed by atoms with Crippen LogP contribution in [0, 0.1) is 11.8 Å². The van der Waals surface area contributed by atoms with Crippen molar-refractivity contribution < 1.29 is 4.74 Å². The minimum absolute atomic E-state index is 0.0897. The topological polar surface area (TPSA) is 9.23 Å². The van der Waals surface area contributed by atoms with Crippen LogP contribution in [-0.4, -0.2) is 11.2 Å². The largest absolute Gasteiger partial charge is 0.361 e.